The summed E-state index contributed by atoms with van der Waals surface area (Å²) in [5.74, 6) is -0.850. The first-order valence-electron chi connectivity index (χ1n) is 11.3. The Hall–Kier alpha value is -3.74. The van der Waals surface area contributed by atoms with Crippen molar-refractivity contribution in [3.8, 4) is 16.9 Å². The molecule has 1 atom stereocenters. The molecule has 0 spiro atoms. The van der Waals surface area contributed by atoms with Crippen molar-refractivity contribution in [2.24, 2.45) is 5.92 Å². The van der Waals surface area contributed by atoms with E-state index in [9.17, 15) is 14.7 Å². The number of hydrogen-bond acceptors (Lipinski definition) is 5. The molecule has 2 amide bonds. The molecule has 7 nitrogen and oxygen atoms in total. The van der Waals surface area contributed by atoms with Crippen molar-refractivity contribution >= 4 is 11.8 Å². The summed E-state index contributed by atoms with van der Waals surface area (Å²) in [5, 5.41) is 10.1. The third-order valence-corrected chi connectivity index (χ3v) is 5.97. The van der Waals surface area contributed by atoms with Crippen molar-refractivity contribution in [2.45, 2.75) is 19.8 Å². The number of pyridine rings is 2. The third-order valence-electron chi connectivity index (χ3n) is 5.97. The molecule has 1 aliphatic rings. The lowest BCUT2D eigenvalue weighted by Crippen LogP contribution is -2.38. The number of aromatic nitrogens is 2. The Morgan fingerprint density at radius 2 is 1.91 bits per heavy atom. The van der Waals surface area contributed by atoms with Crippen LogP contribution in [-0.4, -0.2) is 62.9 Å². The van der Waals surface area contributed by atoms with Gasteiger partial charge in [0, 0.05) is 50.3 Å². The van der Waals surface area contributed by atoms with E-state index in [0.29, 0.717) is 26.1 Å². The van der Waals surface area contributed by atoms with E-state index in [0.717, 1.165) is 23.1 Å². The second-order valence-corrected chi connectivity index (χ2v) is 8.25. The van der Waals surface area contributed by atoms with E-state index in [1.54, 1.807) is 17.2 Å². The maximum Gasteiger partial charge on any atom is 0.276 e. The van der Waals surface area contributed by atoms with Gasteiger partial charge in [0.05, 0.1) is 5.92 Å². The van der Waals surface area contributed by atoms with Crippen LogP contribution in [0.3, 0.4) is 0 Å². The van der Waals surface area contributed by atoms with Crippen molar-refractivity contribution in [3.05, 3.63) is 78.4 Å². The second-order valence-electron chi connectivity index (χ2n) is 8.25. The minimum Gasteiger partial charge on any atom is -0.505 e. The van der Waals surface area contributed by atoms with Crippen LogP contribution in [0.4, 0.5) is 0 Å². The van der Waals surface area contributed by atoms with Crippen LogP contribution in [0.1, 0.15) is 29.4 Å². The number of rotatable bonds is 6. The molecule has 0 saturated carbocycles. The fourth-order valence-electron chi connectivity index (χ4n) is 4.35. The van der Waals surface area contributed by atoms with Gasteiger partial charge in [0.25, 0.3) is 5.91 Å². The average Bonchev–Trinajstić information content (AvgIpc) is 2.99. The molecule has 4 rings (SSSR count). The number of carbonyl (C=O) groups excluding carboxylic acids is 2. The van der Waals surface area contributed by atoms with Gasteiger partial charge in [-0.1, -0.05) is 37.3 Å². The van der Waals surface area contributed by atoms with Crippen LogP contribution in [0.15, 0.2) is 67.1 Å². The Balaban J connectivity index is 1.65. The van der Waals surface area contributed by atoms with E-state index < -0.39 is 5.92 Å². The molecule has 1 fully saturated rings. The minimum atomic E-state index is -0.397. The zero-order valence-corrected chi connectivity index (χ0v) is 18.7. The highest BCUT2D eigenvalue weighted by molar-refractivity contribution is 5.95. The van der Waals surface area contributed by atoms with Gasteiger partial charge in [0.2, 0.25) is 5.91 Å². The highest BCUT2D eigenvalue weighted by Gasteiger charge is 2.33. The number of nitrogens with zero attached hydrogens (tertiary/aromatic N) is 4. The van der Waals surface area contributed by atoms with Gasteiger partial charge < -0.3 is 14.9 Å². The maximum absolute atomic E-state index is 13.5. The summed E-state index contributed by atoms with van der Waals surface area (Å²) in [4.78, 5) is 38.5. The summed E-state index contributed by atoms with van der Waals surface area (Å²) < 4.78 is 0. The first-order valence-corrected chi connectivity index (χ1v) is 11.3. The average molecular weight is 445 g/mol. The predicted octanol–water partition coefficient (Wildman–Crippen LogP) is 3.40. The molecule has 1 aliphatic heterocycles. The van der Waals surface area contributed by atoms with Gasteiger partial charge in [-0.2, -0.15) is 0 Å². The van der Waals surface area contributed by atoms with Gasteiger partial charge >= 0.3 is 0 Å². The maximum atomic E-state index is 13.5. The molecule has 1 saturated heterocycles. The number of hydrogen-bond donors (Lipinski definition) is 1. The molecule has 33 heavy (non-hydrogen) atoms. The van der Waals surface area contributed by atoms with Crippen LogP contribution < -0.4 is 0 Å². The molecular weight excluding hydrogens is 416 g/mol. The molecule has 3 aromatic rings. The fourth-order valence-corrected chi connectivity index (χ4v) is 4.35. The first kappa shape index (κ1) is 22.5. The smallest absolute Gasteiger partial charge is 0.276 e. The molecule has 0 bridgehead atoms. The van der Waals surface area contributed by atoms with Crippen LogP contribution in [0.5, 0.6) is 5.75 Å². The van der Waals surface area contributed by atoms with Crippen molar-refractivity contribution < 1.29 is 14.7 Å². The SMILES string of the molecule is CCCN1CCN(C(=O)c2ncccc2O)CC(Cc2ccccc2-c2cccnc2)C1=O. The van der Waals surface area contributed by atoms with Crippen molar-refractivity contribution in [1.29, 1.82) is 0 Å². The molecule has 1 aromatic carbocycles. The van der Waals surface area contributed by atoms with Gasteiger partial charge in [-0.25, -0.2) is 4.98 Å². The van der Waals surface area contributed by atoms with E-state index in [4.69, 9.17) is 0 Å². The fraction of sp³-hybridized carbons (Fsp3) is 0.308. The Morgan fingerprint density at radius 1 is 1.09 bits per heavy atom. The summed E-state index contributed by atoms with van der Waals surface area (Å²) in [7, 11) is 0. The third kappa shape index (κ3) is 5.03. The second kappa shape index (κ2) is 10.3. The zero-order chi connectivity index (χ0) is 23.2. The molecular formula is C26H28N4O3. The molecule has 0 radical (unpaired) electrons. The van der Waals surface area contributed by atoms with Crippen molar-refractivity contribution in [2.75, 3.05) is 26.2 Å². The Kier molecular flexibility index (Phi) is 6.98. The highest BCUT2D eigenvalue weighted by atomic mass is 16.3. The lowest BCUT2D eigenvalue weighted by molar-refractivity contribution is -0.134. The van der Waals surface area contributed by atoms with Crippen LogP contribution in [-0.2, 0) is 11.2 Å². The molecule has 0 aliphatic carbocycles. The van der Waals surface area contributed by atoms with E-state index >= 15 is 0 Å². The standard InChI is InChI=1S/C26H28N4O3/c1-2-13-29-14-15-30(26(33)24-23(31)10-6-12-28-24)18-21(25(29)32)16-19-7-3-4-9-22(19)20-8-5-11-27-17-20/h3-12,17,21,31H,2,13-16,18H2,1H3. The molecule has 1 N–H and O–H groups in total. The Labute approximate surface area is 193 Å². The summed E-state index contributed by atoms with van der Waals surface area (Å²) in [5.41, 5.74) is 3.08. The zero-order valence-electron chi connectivity index (χ0n) is 18.7. The van der Waals surface area contributed by atoms with Crippen LogP contribution in [0.25, 0.3) is 11.1 Å². The molecule has 170 valence electrons. The number of carbonyl (C=O) groups is 2. The van der Waals surface area contributed by atoms with E-state index in [1.807, 2.05) is 54.4 Å². The van der Waals surface area contributed by atoms with Crippen LogP contribution in [0.2, 0.25) is 0 Å². The number of amides is 2. The molecule has 1 unspecified atom stereocenters. The van der Waals surface area contributed by atoms with Gasteiger partial charge in [-0.15, -0.1) is 0 Å². The van der Waals surface area contributed by atoms with Crippen LogP contribution >= 0.6 is 0 Å². The Morgan fingerprint density at radius 3 is 2.67 bits per heavy atom. The minimum absolute atomic E-state index is 0.0170. The Bertz CT molecular complexity index is 1120. The van der Waals surface area contributed by atoms with E-state index in [-0.39, 0.29) is 29.8 Å². The lowest BCUT2D eigenvalue weighted by atomic mass is 9.91. The van der Waals surface area contributed by atoms with E-state index in [1.165, 1.54) is 12.3 Å². The number of aromatic hydroxyl groups is 1. The highest BCUT2D eigenvalue weighted by Crippen LogP contribution is 2.27. The van der Waals surface area contributed by atoms with Gasteiger partial charge in [0.15, 0.2) is 5.69 Å². The quantitative estimate of drug-likeness (QED) is 0.630. The van der Waals surface area contributed by atoms with E-state index in [2.05, 4.69) is 9.97 Å². The van der Waals surface area contributed by atoms with Gasteiger partial charge in [-0.3, -0.25) is 14.6 Å². The lowest BCUT2D eigenvalue weighted by Gasteiger charge is -2.24. The topological polar surface area (TPSA) is 86.6 Å². The van der Waals surface area contributed by atoms with Crippen molar-refractivity contribution in [1.82, 2.24) is 19.8 Å². The van der Waals surface area contributed by atoms with Gasteiger partial charge in [-0.05, 0) is 42.2 Å². The summed E-state index contributed by atoms with van der Waals surface area (Å²) >= 11 is 0. The summed E-state index contributed by atoms with van der Waals surface area (Å²) in [6.45, 7) is 3.83. The monoisotopic (exact) mass is 444 g/mol. The summed E-state index contributed by atoms with van der Waals surface area (Å²) in [6, 6.07) is 14.9. The number of benzene rings is 1. The van der Waals surface area contributed by atoms with Gasteiger partial charge in [0.1, 0.15) is 5.75 Å². The predicted molar refractivity (Wildman–Crippen MR) is 126 cm³/mol. The normalized spacial score (nSPS) is 16.5. The molecule has 7 heteroatoms. The summed E-state index contributed by atoms with van der Waals surface area (Å²) in [6.07, 6.45) is 6.39. The van der Waals surface area contributed by atoms with Crippen LogP contribution in [0, 0.1) is 5.92 Å². The first-order chi connectivity index (χ1) is 16.1. The molecule has 2 aromatic heterocycles. The van der Waals surface area contributed by atoms with Crippen molar-refractivity contribution in [3.63, 3.8) is 0 Å². The molecule has 3 heterocycles. The largest absolute Gasteiger partial charge is 0.505 e.